The third-order valence-electron chi connectivity index (χ3n) is 7.27. The largest absolute Gasteiger partial charge is 0.481 e. The molecule has 200 valence electrons. The number of carboxylic acid groups (broad SMARTS) is 1. The number of hydrogen-bond acceptors (Lipinski definition) is 5. The molecule has 3 rings (SSSR count). The minimum Gasteiger partial charge on any atom is -0.481 e. The van der Waals surface area contributed by atoms with E-state index in [0.717, 1.165) is 38.5 Å². The fourth-order valence-corrected chi connectivity index (χ4v) is 5.36. The molecule has 0 aromatic rings. The molecular formula is C27H42F2O6. The zero-order valence-corrected chi connectivity index (χ0v) is 21.0. The molecule has 1 spiro atoms. The molecule has 8 heteroatoms. The van der Waals surface area contributed by atoms with Crippen LogP contribution in [0.3, 0.4) is 0 Å². The Kier molecular flexibility index (Phi) is 11.1. The Morgan fingerprint density at radius 2 is 1.94 bits per heavy atom. The Bertz CT molecular complexity index is 698. The number of carboxylic acids is 1. The number of carbonyl (C=O) groups is 1. The zero-order valence-electron chi connectivity index (χ0n) is 21.0. The lowest BCUT2D eigenvalue weighted by atomic mass is 9.87. The zero-order chi connectivity index (χ0) is 25.2. The second-order valence-corrected chi connectivity index (χ2v) is 9.90. The minimum atomic E-state index is -2.97. The summed E-state index contributed by atoms with van der Waals surface area (Å²) in [7, 11) is 0. The van der Waals surface area contributed by atoms with E-state index < -0.39 is 30.1 Å². The average molecular weight is 501 g/mol. The van der Waals surface area contributed by atoms with Crippen molar-refractivity contribution < 1.29 is 37.6 Å². The number of unbranched alkanes of at least 4 members (excludes halogenated alkanes) is 1. The number of hydrogen-bond donors (Lipinski definition) is 1. The molecule has 1 saturated carbocycles. The van der Waals surface area contributed by atoms with Crippen LogP contribution in [0.25, 0.3) is 0 Å². The van der Waals surface area contributed by atoms with Gasteiger partial charge in [0.25, 0.3) is 5.92 Å². The number of alkyl halides is 2. The predicted octanol–water partition coefficient (Wildman–Crippen LogP) is 6.25. The van der Waals surface area contributed by atoms with E-state index in [-0.39, 0.29) is 24.7 Å². The van der Waals surface area contributed by atoms with Crippen LogP contribution in [0.4, 0.5) is 8.78 Å². The number of ether oxygens (including phenoxy) is 4. The number of rotatable bonds is 14. The van der Waals surface area contributed by atoms with E-state index in [1.807, 2.05) is 25.2 Å². The van der Waals surface area contributed by atoms with Gasteiger partial charge in [-0.05, 0) is 57.3 Å². The molecule has 35 heavy (non-hydrogen) atoms. The summed E-state index contributed by atoms with van der Waals surface area (Å²) in [5.74, 6) is -4.35. The molecule has 1 N–H and O–H groups in total. The van der Waals surface area contributed by atoms with Crippen molar-refractivity contribution in [2.45, 2.75) is 108 Å². The van der Waals surface area contributed by atoms with E-state index in [1.54, 1.807) is 6.08 Å². The number of aliphatic carboxylic acids is 1. The first kappa shape index (κ1) is 28.2. The minimum absolute atomic E-state index is 0.0425. The molecule has 0 amide bonds. The van der Waals surface area contributed by atoms with Crippen molar-refractivity contribution in [3.05, 3.63) is 24.3 Å². The maximum absolute atomic E-state index is 15.1. The fourth-order valence-electron chi connectivity index (χ4n) is 5.36. The summed E-state index contributed by atoms with van der Waals surface area (Å²) in [6, 6.07) is 0. The summed E-state index contributed by atoms with van der Waals surface area (Å²) in [5, 5.41) is 8.78. The topological polar surface area (TPSA) is 74.2 Å². The van der Waals surface area contributed by atoms with Gasteiger partial charge in [-0.15, -0.1) is 0 Å². The highest BCUT2D eigenvalue weighted by molar-refractivity contribution is 5.66. The first-order chi connectivity index (χ1) is 16.9. The third-order valence-corrected chi connectivity index (χ3v) is 7.27. The van der Waals surface area contributed by atoms with Crippen LogP contribution >= 0.6 is 0 Å². The van der Waals surface area contributed by atoms with Crippen LogP contribution in [0.5, 0.6) is 0 Å². The van der Waals surface area contributed by atoms with Crippen LogP contribution in [-0.4, -0.2) is 55.0 Å². The van der Waals surface area contributed by atoms with Gasteiger partial charge < -0.3 is 24.1 Å². The summed E-state index contributed by atoms with van der Waals surface area (Å²) in [6.45, 7) is 3.54. The Balaban J connectivity index is 1.68. The van der Waals surface area contributed by atoms with Crippen LogP contribution in [-0.2, 0) is 23.7 Å². The highest BCUT2D eigenvalue weighted by atomic mass is 19.3. The van der Waals surface area contributed by atoms with Gasteiger partial charge in [0.1, 0.15) is 6.10 Å². The molecule has 0 bridgehead atoms. The molecule has 0 aromatic carbocycles. The summed E-state index contributed by atoms with van der Waals surface area (Å²) < 4.78 is 53.8. The van der Waals surface area contributed by atoms with Gasteiger partial charge in [-0.2, -0.15) is 0 Å². The molecule has 3 aliphatic rings. The van der Waals surface area contributed by atoms with Gasteiger partial charge in [0.05, 0.1) is 13.2 Å². The van der Waals surface area contributed by atoms with Crippen LogP contribution in [0.15, 0.2) is 24.3 Å². The molecular weight excluding hydrogens is 458 g/mol. The van der Waals surface area contributed by atoms with Crippen LogP contribution < -0.4 is 0 Å². The lowest BCUT2D eigenvalue weighted by molar-refractivity contribution is -0.226. The quantitative estimate of drug-likeness (QED) is 0.284. The van der Waals surface area contributed by atoms with Gasteiger partial charge >= 0.3 is 5.97 Å². The molecule has 2 saturated heterocycles. The van der Waals surface area contributed by atoms with E-state index in [9.17, 15) is 4.79 Å². The standard InChI is InChI=1S/C27H42F2O6/c1-2-3-16-26(28,29)23(35-25-12-8-9-18-32-25)14-13-21-15-17-27(33-19-20-34-27)22(21)10-6-4-5-7-11-24(30)31/h4-5,13-14,21-23,25H,2-3,6-12,15-20H2,1H3,(H,30,31)/b5-4-,14-13+. The van der Waals surface area contributed by atoms with Gasteiger partial charge in [0.15, 0.2) is 12.1 Å². The monoisotopic (exact) mass is 500 g/mol. The maximum atomic E-state index is 15.1. The van der Waals surface area contributed by atoms with Crippen molar-refractivity contribution in [1.29, 1.82) is 0 Å². The smallest absolute Gasteiger partial charge is 0.303 e. The average Bonchev–Trinajstić information content (AvgIpc) is 3.45. The van der Waals surface area contributed by atoms with Crippen molar-refractivity contribution in [1.82, 2.24) is 0 Å². The Morgan fingerprint density at radius 3 is 2.63 bits per heavy atom. The van der Waals surface area contributed by atoms with Crippen molar-refractivity contribution in [3.63, 3.8) is 0 Å². The highest BCUT2D eigenvalue weighted by Crippen LogP contribution is 2.49. The molecule has 6 nitrogen and oxygen atoms in total. The van der Waals surface area contributed by atoms with Crippen molar-refractivity contribution in [2.24, 2.45) is 11.8 Å². The van der Waals surface area contributed by atoms with E-state index in [0.29, 0.717) is 45.5 Å². The molecule has 3 fully saturated rings. The molecule has 2 heterocycles. The van der Waals surface area contributed by atoms with Gasteiger partial charge in [0.2, 0.25) is 0 Å². The lowest BCUT2D eigenvalue weighted by Gasteiger charge is -2.32. The second kappa shape index (κ2) is 13.8. The summed E-state index contributed by atoms with van der Waals surface area (Å²) in [5.41, 5.74) is 0. The molecule has 0 radical (unpaired) electrons. The molecule has 4 unspecified atom stereocenters. The third kappa shape index (κ3) is 8.34. The number of allylic oxidation sites excluding steroid dienone is 3. The normalized spacial score (nSPS) is 27.9. The van der Waals surface area contributed by atoms with Crippen LogP contribution in [0.1, 0.15) is 84.0 Å². The van der Waals surface area contributed by atoms with E-state index in [1.165, 1.54) is 0 Å². The van der Waals surface area contributed by atoms with E-state index in [4.69, 9.17) is 24.1 Å². The molecule has 0 aromatic heterocycles. The number of halogens is 2. The molecule has 1 aliphatic carbocycles. The molecule has 2 aliphatic heterocycles. The van der Waals surface area contributed by atoms with E-state index in [2.05, 4.69) is 0 Å². The summed E-state index contributed by atoms with van der Waals surface area (Å²) >= 11 is 0. The van der Waals surface area contributed by atoms with Gasteiger partial charge in [0, 0.05) is 31.8 Å². The first-order valence-corrected chi connectivity index (χ1v) is 13.3. The lowest BCUT2D eigenvalue weighted by Crippen LogP contribution is -2.39. The van der Waals surface area contributed by atoms with Crippen LogP contribution in [0, 0.1) is 11.8 Å². The second-order valence-electron chi connectivity index (χ2n) is 9.90. The van der Waals surface area contributed by atoms with Crippen molar-refractivity contribution in [3.8, 4) is 0 Å². The summed E-state index contributed by atoms with van der Waals surface area (Å²) in [6.07, 6.45) is 12.5. The highest BCUT2D eigenvalue weighted by Gasteiger charge is 2.51. The Hall–Kier alpha value is -1.35. The van der Waals surface area contributed by atoms with Gasteiger partial charge in [-0.1, -0.05) is 37.6 Å². The van der Waals surface area contributed by atoms with E-state index >= 15 is 8.78 Å². The first-order valence-electron chi connectivity index (χ1n) is 13.3. The van der Waals surface area contributed by atoms with Crippen molar-refractivity contribution in [2.75, 3.05) is 19.8 Å². The maximum Gasteiger partial charge on any atom is 0.303 e. The summed E-state index contributed by atoms with van der Waals surface area (Å²) in [4.78, 5) is 10.7. The predicted molar refractivity (Wildman–Crippen MR) is 128 cm³/mol. The van der Waals surface area contributed by atoms with Gasteiger partial charge in [-0.3, -0.25) is 4.79 Å². The Labute approximate surface area is 208 Å². The van der Waals surface area contributed by atoms with Crippen LogP contribution in [0.2, 0.25) is 0 Å². The Morgan fingerprint density at radius 1 is 1.17 bits per heavy atom. The van der Waals surface area contributed by atoms with Crippen molar-refractivity contribution >= 4 is 5.97 Å². The fraction of sp³-hybridized carbons (Fsp3) is 0.815. The molecule has 4 atom stereocenters. The van der Waals surface area contributed by atoms with Gasteiger partial charge in [-0.25, -0.2) is 8.78 Å². The SMILES string of the molecule is CCCCC(F)(F)C(/C=C/C1CCC2(OCCO2)C1CC/C=C\CCC(=O)O)OC1CCCCO1.